The van der Waals surface area contributed by atoms with Crippen LogP contribution in [0.3, 0.4) is 0 Å². The number of carbonyl (C=O) groups excluding carboxylic acids is 1. The number of rotatable bonds is 5. The number of benzene rings is 2. The molecule has 1 fully saturated rings. The molecule has 132 valence electrons. The number of aromatic nitrogens is 4. The molecule has 1 aromatic heterocycles. The Morgan fingerprint density at radius 3 is 2.62 bits per heavy atom. The molecule has 0 N–H and O–H groups in total. The number of amides is 1. The van der Waals surface area contributed by atoms with Crippen molar-refractivity contribution < 1.29 is 9.18 Å². The lowest BCUT2D eigenvalue weighted by Gasteiger charge is -2.23. The van der Waals surface area contributed by atoms with Crippen molar-refractivity contribution in [1.82, 2.24) is 25.1 Å². The van der Waals surface area contributed by atoms with Crippen molar-refractivity contribution in [3.63, 3.8) is 0 Å². The van der Waals surface area contributed by atoms with Crippen LogP contribution in [0.15, 0.2) is 48.8 Å². The molecule has 0 unspecified atom stereocenters. The van der Waals surface area contributed by atoms with Crippen LogP contribution in [0.5, 0.6) is 0 Å². The molecule has 4 rings (SSSR count). The van der Waals surface area contributed by atoms with Gasteiger partial charge in [0.25, 0.3) is 5.91 Å². The maximum absolute atomic E-state index is 14.1. The van der Waals surface area contributed by atoms with E-state index in [0.29, 0.717) is 16.1 Å². The van der Waals surface area contributed by atoms with Crippen LogP contribution < -0.4 is 0 Å². The van der Waals surface area contributed by atoms with Gasteiger partial charge in [0.2, 0.25) is 0 Å². The van der Waals surface area contributed by atoms with E-state index < -0.39 is 5.82 Å². The van der Waals surface area contributed by atoms with E-state index in [1.54, 1.807) is 41.3 Å². The Morgan fingerprint density at radius 1 is 1.23 bits per heavy atom. The number of nitrogens with zero attached hydrogens (tertiary/aromatic N) is 5. The number of tetrazole rings is 1. The molecule has 1 heterocycles. The molecule has 0 spiro atoms. The van der Waals surface area contributed by atoms with E-state index in [1.165, 1.54) is 17.1 Å². The van der Waals surface area contributed by atoms with Crippen LogP contribution in [-0.2, 0) is 6.54 Å². The molecule has 1 aliphatic rings. The predicted molar refractivity (Wildman–Crippen MR) is 93.5 cm³/mol. The van der Waals surface area contributed by atoms with Gasteiger partial charge in [0, 0.05) is 22.2 Å². The first-order chi connectivity index (χ1) is 12.6. The summed E-state index contributed by atoms with van der Waals surface area (Å²) in [4.78, 5) is 14.7. The summed E-state index contributed by atoms with van der Waals surface area (Å²) < 4.78 is 15.6. The Morgan fingerprint density at radius 2 is 2.00 bits per heavy atom. The molecular weight excluding hydrogens is 357 g/mol. The average molecular weight is 372 g/mol. The monoisotopic (exact) mass is 371 g/mol. The summed E-state index contributed by atoms with van der Waals surface area (Å²) in [5.41, 5.74) is 1.63. The van der Waals surface area contributed by atoms with Crippen LogP contribution in [-0.4, -0.2) is 37.1 Å². The van der Waals surface area contributed by atoms with Crippen molar-refractivity contribution in [2.45, 2.75) is 25.4 Å². The minimum absolute atomic E-state index is 0.123. The van der Waals surface area contributed by atoms with Gasteiger partial charge in [0.05, 0.1) is 12.2 Å². The van der Waals surface area contributed by atoms with Crippen molar-refractivity contribution in [2.24, 2.45) is 0 Å². The molecule has 3 aromatic rings. The lowest BCUT2D eigenvalue weighted by Crippen LogP contribution is -2.33. The molecule has 0 radical (unpaired) electrons. The third kappa shape index (κ3) is 3.30. The van der Waals surface area contributed by atoms with Crippen molar-refractivity contribution in [2.75, 3.05) is 0 Å². The molecule has 6 nitrogen and oxygen atoms in total. The van der Waals surface area contributed by atoms with Crippen LogP contribution in [0.25, 0.3) is 5.69 Å². The van der Waals surface area contributed by atoms with Gasteiger partial charge in [0.15, 0.2) is 0 Å². The van der Waals surface area contributed by atoms with Crippen molar-refractivity contribution in [3.05, 3.63) is 70.8 Å². The lowest BCUT2D eigenvalue weighted by molar-refractivity contribution is 0.0728. The lowest BCUT2D eigenvalue weighted by atomic mass is 10.1. The van der Waals surface area contributed by atoms with E-state index in [0.717, 1.165) is 18.5 Å². The van der Waals surface area contributed by atoms with Crippen LogP contribution in [0.4, 0.5) is 4.39 Å². The summed E-state index contributed by atoms with van der Waals surface area (Å²) in [6, 6.07) is 11.7. The summed E-state index contributed by atoms with van der Waals surface area (Å²) in [5.74, 6) is -0.542. The second-order valence-electron chi connectivity index (χ2n) is 6.17. The molecule has 1 amide bonds. The summed E-state index contributed by atoms with van der Waals surface area (Å²) in [7, 11) is 0. The number of carbonyl (C=O) groups is 1. The van der Waals surface area contributed by atoms with Crippen LogP contribution >= 0.6 is 11.6 Å². The van der Waals surface area contributed by atoms with Gasteiger partial charge in [-0.25, -0.2) is 9.07 Å². The molecular formula is C18H15ClFN5O. The van der Waals surface area contributed by atoms with Crippen molar-refractivity contribution in [3.8, 4) is 5.69 Å². The third-order valence-corrected chi connectivity index (χ3v) is 4.72. The highest BCUT2D eigenvalue weighted by Gasteiger charge is 2.34. The minimum atomic E-state index is -0.398. The second kappa shape index (κ2) is 6.84. The highest BCUT2D eigenvalue weighted by Crippen LogP contribution is 2.32. The molecule has 1 saturated carbocycles. The van der Waals surface area contributed by atoms with Gasteiger partial charge in [0.1, 0.15) is 12.1 Å². The maximum atomic E-state index is 14.1. The second-order valence-corrected chi connectivity index (χ2v) is 6.57. The summed E-state index contributed by atoms with van der Waals surface area (Å²) >= 11 is 6.13. The fraction of sp³-hybridized carbons (Fsp3) is 0.222. The summed E-state index contributed by atoms with van der Waals surface area (Å²) in [6.45, 7) is 0.157. The fourth-order valence-corrected chi connectivity index (χ4v) is 3.03. The number of hydrogen-bond acceptors (Lipinski definition) is 4. The molecule has 8 heteroatoms. The van der Waals surface area contributed by atoms with E-state index in [1.807, 2.05) is 0 Å². The normalized spacial score (nSPS) is 13.6. The standard InChI is InChI=1S/C18H15ClFN5O/c19-16-2-1-3-17(20)15(16)10-24(13-8-9-13)18(26)12-4-6-14(7-5-12)25-11-21-22-23-25/h1-7,11,13H,8-10H2. The average Bonchev–Trinajstić information content (AvgIpc) is 3.34. The predicted octanol–water partition coefficient (Wildman–Crippen LogP) is 3.26. The van der Waals surface area contributed by atoms with Gasteiger partial charge in [-0.2, -0.15) is 0 Å². The van der Waals surface area contributed by atoms with E-state index in [2.05, 4.69) is 15.5 Å². The third-order valence-electron chi connectivity index (χ3n) is 4.37. The van der Waals surface area contributed by atoms with E-state index in [-0.39, 0.29) is 18.5 Å². The molecule has 0 atom stereocenters. The Hall–Kier alpha value is -2.80. The zero-order chi connectivity index (χ0) is 18.1. The van der Waals surface area contributed by atoms with Crippen LogP contribution in [0.2, 0.25) is 5.02 Å². The molecule has 0 saturated heterocycles. The molecule has 1 aliphatic carbocycles. The van der Waals surface area contributed by atoms with Crippen LogP contribution in [0, 0.1) is 5.82 Å². The van der Waals surface area contributed by atoms with Gasteiger partial charge in [-0.1, -0.05) is 17.7 Å². The number of halogens is 2. The van der Waals surface area contributed by atoms with Crippen molar-refractivity contribution >= 4 is 17.5 Å². The fourth-order valence-electron chi connectivity index (χ4n) is 2.81. The van der Waals surface area contributed by atoms with Crippen molar-refractivity contribution in [1.29, 1.82) is 0 Å². The highest BCUT2D eigenvalue weighted by molar-refractivity contribution is 6.31. The Bertz CT molecular complexity index is 905. The number of hydrogen-bond donors (Lipinski definition) is 0. The summed E-state index contributed by atoms with van der Waals surface area (Å²) in [5, 5.41) is 11.3. The Balaban J connectivity index is 1.58. The first-order valence-electron chi connectivity index (χ1n) is 8.21. The minimum Gasteiger partial charge on any atom is -0.331 e. The van der Waals surface area contributed by atoms with Gasteiger partial charge < -0.3 is 4.90 Å². The smallest absolute Gasteiger partial charge is 0.254 e. The van der Waals surface area contributed by atoms with Gasteiger partial charge in [-0.15, -0.1) is 5.10 Å². The highest BCUT2D eigenvalue weighted by atomic mass is 35.5. The van der Waals surface area contributed by atoms with Crippen LogP contribution in [0.1, 0.15) is 28.8 Å². The quantitative estimate of drug-likeness (QED) is 0.690. The van der Waals surface area contributed by atoms with Gasteiger partial charge >= 0.3 is 0 Å². The zero-order valence-electron chi connectivity index (χ0n) is 13.7. The van der Waals surface area contributed by atoms with E-state index in [9.17, 15) is 9.18 Å². The van der Waals surface area contributed by atoms with Gasteiger partial charge in [-0.3, -0.25) is 4.79 Å². The topological polar surface area (TPSA) is 63.9 Å². The summed E-state index contributed by atoms with van der Waals surface area (Å²) in [6.07, 6.45) is 3.31. The Kier molecular flexibility index (Phi) is 4.38. The first-order valence-corrected chi connectivity index (χ1v) is 8.58. The van der Waals surface area contributed by atoms with E-state index in [4.69, 9.17) is 11.6 Å². The molecule has 0 aliphatic heterocycles. The maximum Gasteiger partial charge on any atom is 0.254 e. The largest absolute Gasteiger partial charge is 0.331 e. The SMILES string of the molecule is O=C(c1ccc(-n2cnnn2)cc1)N(Cc1c(F)cccc1Cl)C1CC1. The molecule has 26 heavy (non-hydrogen) atoms. The molecule has 2 aromatic carbocycles. The first kappa shape index (κ1) is 16.7. The van der Waals surface area contributed by atoms with E-state index >= 15 is 0 Å². The Labute approximate surface area is 154 Å². The zero-order valence-corrected chi connectivity index (χ0v) is 14.5. The molecule has 0 bridgehead atoms. The van der Waals surface area contributed by atoms with Gasteiger partial charge in [-0.05, 0) is 59.7 Å².